The minimum absolute atomic E-state index is 0.170. The molecule has 0 radical (unpaired) electrons. The molecule has 3 rings (SSSR count). The summed E-state index contributed by atoms with van der Waals surface area (Å²) in [5.41, 5.74) is 4.31. The molecule has 1 N–H and O–H groups in total. The molecule has 0 spiro atoms. The molecule has 0 saturated carbocycles. The molecule has 0 aliphatic rings. The van der Waals surface area contributed by atoms with E-state index in [9.17, 15) is 26.7 Å². The van der Waals surface area contributed by atoms with E-state index in [1.54, 1.807) is 12.1 Å². The molecule has 234 valence electrons. The van der Waals surface area contributed by atoms with Gasteiger partial charge in [0.05, 0.1) is 5.56 Å². The second kappa shape index (κ2) is 14.6. The maximum absolute atomic E-state index is 13.8. The smallest absolute Gasteiger partial charge is 0.336 e. The van der Waals surface area contributed by atoms with Crippen molar-refractivity contribution in [1.29, 1.82) is 0 Å². The van der Waals surface area contributed by atoms with Gasteiger partial charge in [-0.3, -0.25) is 4.90 Å². The largest absolute Gasteiger partial charge is 0.478 e. The summed E-state index contributed by atoms with van der Waals surface area (Å²) in [6.07, 6.45) is 2.42. The van der Waals surface area contributed by atoms with Gasteiger partial charge < -0.3 is 5.11 Å². The topological polar surface area (TPSA) is 109 Å². The number of carboxylic acid groups (broad SMARTS) is 1. The van der Waals surface area contributed by atoms with Crippen LogP contribution in [0.25, 0.3) is 11.1 Å². The lowest BCUT2D eigenvalue weighted by Gasteiger charge is -2.43. The van der Waals surface area contributed by atoms with E-state index in [0.717, 1.165) is 28.7 Å². The van der Waals surface area contributed by atoms with Gasteiger partial charge in [-0.15, -0.1) is 0 Å². The highest BCUT2D eigenvalue weighted by Gasteiger charge is 2.56. The van der Waals surface area contributed by atoms with E-state index in [0.29, 0.717) is 31.4 Å². The quantitative estimate of drug-likeness (QED) is 0.192. The average molecular weight is 628 g/mol. The summed E-state index contributed by atoms with van der Waals surface area (Å²) in [5, 5.41) is 9.98. The first-order valence-electron chi connectivity index (χ1n) is 15.0. The minimum Gasteiger partial charge on any atom is -0.478 e. The molecule has 0 amide bonds. The van der Waals surface area contributed by atoms with Crippen molar-refractivity contribution in [3.63, 3.8) is 0 Å². The van der Waals surface area contributed by atoms with Gasteiger partial charge in [0.1, 0.15) is 0 Å². The van der Waals surface area contributed by atoms with Crippen LogP contribution in [0.1, 0.15) is 74.0 Å². The highest BCUT2D eigenvalue weighted by molar-refractivity contribution is 8.10. The molecule has 0 heterocycles. The van der Waals surface area contributed by atoms with Crippen LogP contribution < -0.4 is 0 Å². The number of aryl methyl sites for hydroxylation is 1. The average Bonchev–Trinajstić information content (AvgIpc) is 3.00. The highest BCUT2D eigenvalue weighted by Crippen LogP contribution is 2.37. The summed E-state index contributed by atoms with van der Waals surface area (Å²) >= 11 is 0. The number of rotatable bonds is 16. The summed E-state index contributed by atoms with van der Waals surface area (Å²) in [7, 11) is -8.12. The fourth-order valence-electron chi connectivity index (χ4n) is 5.83. The second-order valence-electron chi connectivity index (χ2n) is 11.2. The van der Waals surface area contributed by atoms with Crippen molar-refractivity contribution in [2.45, 2.75) is 77.0 Å². The van der Waals surface area contributed by atoms with Crippen molar-refractivity contribution >= 4 is 25.6 Å². The Morgan fingerprint density at radius 2 is 1.44 bits per heavy atom. The van der Waals surface area contributed by atoms with Gasteiger partial charge in [-0.1, -0.05) is 94.3 Å². The molecule has 1 atom stereocenters. The standard InChI is InChI=1S/C34H45NO6S2/c1-6-9-19-32(34(5,42(38,39)7-2)43(40,41)8-3)35(23-22-27-16-11-10-12-17-27)25-28-20-21-30(33(36)37)31(24-28)29-18-14-13-15-26(29)4/h10-18,20-21,24,32H,6-9,19,22-23,25H2,1-5H3,(H,36,37). The third-order valence-electron chi connectivity index (χ3n) is 8.54. The third-order valence-corrected chi connectivity index (χ3v) is 14.6. The van der Waals surface area contributed by atoms with Crippen molar-refractivity contribution in [2.75, 3.05) is 18.1 Å². The van der Waals surface area contributed by atoms with Crippen LogP contribution in [0.3, 0.4) is 0 Å². The lowest BCUT2D eigenvalue weighted by Crippen LogP contribution is -2.60. The van der Waals surface area contributed by atoms with Gasteiger partial charge in [-0.25, -0.2) is 21.6 Å². The molecule has 7 nitrogen and oxygen atoms in total. The molecule has 0 bridgehead atoms. The summed E-state index contributed by atoms with van der Waals surface area (Å²) in [4.78, 5) is 14.2. The van der Waals surface area contributed by atoms with Crippen LogP contribution in [-0.4, -0.2) is 61.0 Å². The van der Waals surface area contributed by atoms with Crippen molar-refractivity contribution < 1.29 is 26.7 Å². The van der Waals surface area contributed by atoms with Crippen LogP contribution in [0.4, 0.5) is 0 Å². The van der Waals surface area contributed by atoms with Crippen LogP contribution in [0.2, 0.25) is 0 Å². The first kappa shape index (κ1) is 34.5. The van der Waals surface area contributed by atoms with Crippen LogP contribution in [0, 0.1) is 6.92 Å². The van der Waals surface area contributed by atoms with E-state index in [-0.39, 0.29) is 23.6 Å². The molecule has 0 aromatic heterocycles. The van der Waals surface area contributed by atoms with E-state index in [2.05, 4.69) is 0 Å². The monoisotopic (exact) mass is 627 g/mol. The fraction of sp³-hybridized carbons (Fsp3) is 0.441. The number of carbonyl (C=O) groups is 1. The zero-order valence-corrected chi connectivity index (χ0v) is 27.5. The van der Waals surface area contributed by atoms with Gasteiger partial charge in [-0.2, -0.15) is 0 Å². The number of carboxylic acids is 1. The lowest BCUT2D eigenvalue weighted by molar-refractivity contribution is 0.0697. The number of benzene rings is 3. The first-order chi connectivity index (χ1) is 20.3. The summed E-state index contributed by atoms with van der Waals surface area (Å²) in [5.74, 6) is -1.62. The number of hydrogen-bond donors (Lipinski definition) is 1. The zero-order chi connectivity index (χ0) is 31.8. The van der Waals surface area contributed by atoms with E-state index >= 15 is 0 Å². The Bertz CT molecular complexity index is 1570. The number of hydrogen-bond acceptors (Lipinski definition) is 6. The molecular weight excluding hydrogens is 583 g/mol. The van der Waals surface area contributed by atoms with Gasteiger partial charge in [0.2, 0.25) is 0 Å². The Morgan fingerprint density at radius 3 is 2.00 bits per heavy atom. The van der Waals surface area contributed by atoms with Gasteiger partial charge in [0, 0.05) is 30.6 Å². The zero-order valence-electron chi connectivity index (χ0n) is 25.9. The molecule has 43 heavy (non-hydrogen) atoms. The van der Waals surface area contributed by atoms with Gasteiger partial charge in [0.25, 0.3) is 0 Å². The Hall–Kier alpha value is -3.01. The van der Waals surface area contributed by atoms with Crippen molar-refractivity contribution in [3.05, 3.63) is 95.1 Å². The Labute approximate surface area is 257 Å². The Balaban J connectivity index is 2.23. The number of sulfone groups is 2. The highest BCUT2D eigenvalue weighted by atomic mass is 32.3. The predicted octanol–water partition coefficient (Wildman–Crippen LogP) is 6.55. The van der Waals surface area contributed by atoms with Crippen LogP contribution >= 0.6 is 0 Å². The summed E-state index contributed by atoms with van der Waals surface area (Å²) < 4.78 is 53.1. The SMILES string of the molecule is CCCCC(N(CCc1ccccc1)Cc1ccc(C(=O)O)c(-c2ccccc2C)c1)C(C)(S(=O)(=O)CC)S(=O)(=O)CC. The third kappa shape index (κ3) is 7.56. The second-order valence-corrected chi connectivity index (χ2v) is 16.8. The maximum atomic E-state index is 13.8. The molecule has 0 aliphatic carbocycles. The lowest BCUT2D eigenvalue weighted by atomic mass is 9.93. The molecule has 9 heteroatoms. The van der Waals surface area contributed by atoms with Gasteiger partial charge in [0.15, 0.2) is 23.8 Å². The summed E-state index contributed by atoms with van der Waals surface area (Å²) in [6, 6.07) is 21.8. The minimum atomic E-state index is -4.06. The fourth-order valence-corrected chi connectivity index (χ4v) is 10.6. The molecule has 0 fully saturated rings. The van der Waals surface area contributed by atoms with E-state index in [4.69, 9.17) is 0 Å². The van der Waals surface area contributed by atoms with E-state index < -0.39 is 35.8 Å². The van der Waals surface area contributed by atoms with Crippen LogP contribution in [-0.2, 0) is 32.6 Å². The first-order valence-corrected chi connectivity index (χ1v) is 18.3. The summed E-state index contributed by atoms with van der Waals surface area (Å²) in [6.45, 7) is 9.02. The molecule has 3 aromatic rings. The van der Waals surface area contributed by atoms with Crippen LogP contribution in [0.5, 0.6) is 0 Å². The Kier molecular flexibility index (Phi) is 11.7. The molecular formula is C34H45NO6S2. The number of aromatic carboxylic acids is 1. The molecule has 0 aliphatic heterocycles. The maximum Gasteiger partial charge on any atom is 0.336 e. The Morgan fingerprint density at radius 1 is 0.837 bits per heavy atom. The van der Waals surface area contributed by atoms with Crippen molar-refractivity contribution in [2.24, 2.45) is 0 Å². The number of unbranched alkanes of at least 4 members (excludes halogenated alkanes) is 1. The number of nitrogens with zero attached hydrogens (tertiary/aromatic N) is 1. The van der Waals surface area contributed by atoms with Gasteiger partial charge >= 0.3 is 5.97 Å². The molecule has 1 unspecified atom stereocenters. The predicted molar refractivity (Wildman–Crippen MR) is 175 cm³/mol. The van der Waals surface area contributed by atoms with Crippen LogP contribution in [0.15, 0.2) is 72.8 Å². The molecule has 3 aromatic carbocycles. The normalized spacial score (nSPS) is 13.3. The van der Waals surface area contributed by atoms with Gasteiger partial charge in [-0.05, 0) is 66.6 Å². The van der Waals surface area contributed by atoms with Crippen molar-refractivity contribution in [1.82, 2.24) is 4.90 Å². The molecule has 0 saturated heterocycles. The van der Waals surface area contributed by atoms with E-state index in [1.165, 1.54) is 20.8 Å². The van der Waals surface area contributed by atoms with Crippen molar-refractivity contribution in [3.8, 4) is 11.1 Å². The van der Waals surface area contributed by atoms with E-state index in [1.807, 2.05) is 79.4 Å².